The molecular weight excluding hydrogens is 481 g/mol. The second kappa shape index (κ2) is 9.47. The predicted molar refractivity (Wildman–Crippen MR) is 132 cm³/mol. The van der Waals surface area contributed by atoms with Gasteiger partial charge < -0.3 is 0 Å². The van der Waals surface area contributed by atoms with E-state index in [9.17, 15) is 0 Å². The minimum atomic E-state index is -2.72. The van der Waals surface area contributed by atoms with Gasteiger partial charge in [0.25, 0.3) is 0 Å². The molecule has 0 atom stereocenters. The van der Waals surface area contributed by atoms with Gasteiger partial charge in [-0.15, -0.1) is 17.0 Å². The zero-order valence-electron chi connectivity index (χ0n) is 16.0. The average Bonchev–Trinajstić information content (AvgIpc) is 2.70. The number of halogens is 2. The van der Waals surface area contributed by atoms with E-state index < -0.39 is 5.31 Å². The van der Waals surface area contributed by atoms with Crippen LogP contribution in [0.3, 0.4) is 0 Å². The second-order valence-electron chi connectivity index (χ2n) is 7.07. The Hall–Kier alpha value is -0.990. The molecule has 0 aliphatic heterocycles. The van der Waals surface area contributed by atoms with Crippen LogP contribution in [-0.4, -0.2) is 31.7 Å². The molecule has 0 saturated heterocycles. The van der Waals surface area contributed by atoms with Gasteiger partial charge in [-0.25, -0.2) is 0 Å². The molecule has 3 aromatic rings. The molecule has 0 aliphatic rings. The molecule has 4 heteroatoms. The molecule has 0 saturated carbocycles. The van der Waals surface area contributed by atoms with E-state index in [-0.39, 0.29) is 17.0 Å². The Balaban J connectivity index is 0.00000261. The van der Waals surface area contributed by atoms with Crippen LogP contribution in [0.25, 0.3) is 0 Å². The molecule has 0 unspecified atom stereocenters. The van der Waals surface area contributed by atoms with Crippen molar-refractivity contribution in [3.8, 4) is 0 Å². The van der Waals surface area contributed by atoms with Crippen molar-refractivity contribution in [2.45, 2.75) is 6.42 Å². The van der Waals surface area contributed by atoms with E-state index in [0.717, 1.165) is 19.1 Å². The number of nitrogens with zero attached hydrogens (tertiary/aromatic N) is 1. The first-order chi connectivity index (χ1) is 12.6. The van der Waals surface area contributed by atoms with E-state index in [1.807, 2.05) is 0 Å². The van der Waals surface area contributed by atoms with Crippen LogP contribution in [0.15, 0.2) is 91.0 Å². The van der Waals surface area contributed by atoms with Gasteiger partial charge in [-0.2, -0.15) is 0 Å². The van der Waals surface area contributed by atoms with Crippen LogP contribution in [0.5, 0.6) is 0 Å². The summed E-state index contributed by atoms with van der Waals surface area (Å²) in [6.07, 6.45) is 2.23. The van der Waals surface area contributed by atoms with Crippen LogP contribution < -0.4 is 15.9 Å². The van der Waals surface area contributed by atoms with Gasteiger partial charge in [0, 0.05) is 0 Å². The normalized spacial score (nSPS) is 12.8. The zero-order valence-corrected chi connectivity index (χ0v) is 20.2. The van der Waals surface area contributed by atoms with Crippen LogP contribution in [0.4, 0.5) is 0 Å². The van der Waals surface area contributed by atoms with Crippen LogP contribution in [0.2, 0.25) is 0 Å². The first kappa shape index (κ1) is 22.3. The van der Waals surface area contributed by atoms with Gasteiger partial charge in [-0.1, -0.05) is 0 Å². The molecular formula is C23H28Br2NP. The van der Waals surface area contributed by atoms with Gasteiger partial charge in [-0.05, 0) is 0 Å². The molecule has 0 aromatic heterocycles. The fourth-order valence-electron chi connectivity index (χ4n) is 3.73. The molecule has 0 amide bonds. The Labute approximate surface area is 182 Å². The first-order valence-corrected chi connectivity index (χ1v) is 13.5. The van der Waals surface area contributed by atoms with Crippen molar-refractivity contribution in [2.24, 2.45) is 0 Å². The number of benzene rings is 3. The Morgan fingerprint density at radius 1 is 0.667 bits per heavy atom. The zero-order chi connectivity index (χ0) is 18.5. The van der Waals surface area contributed by atoms with Crippen LogP contribution in [0, 0.1) is 0 Å². The first-order valence-electron chi connectivity index (χ1n) is 9.10. The van der Waals surface area contributed by atoms with E-state index in [1.54, 1.807) is 0 Å². The minimum absolute atomic E-state index is 0. The van der Waals surface area contributed by atoms with E-state index in [0.29, 0.717) is 0 Å². The van der Waals surface area contributed by atoms with Gasteiger partial charge in [0.2, 0.25) is 0 Å². The maximum absolute atomic E-state index is 4.48. The summed E-state index contributed by atoms with van der Waals surface area (Å²) in [5.41, 5.74) is 0. The summed E-state index contributed by atoms with van der Waals surface area (Å²) >= 11 is 4.48. The standard InChI is InChI=1S/C23H27BrNP.BrH/c1-25(2)19-12-20-26(24,21-13-6-3-7-14-21,22-15-8-4-9-16-22)23-17-10-5-11-18-23;/h3-11,13-18H,12,19-20H2,1-2H3;1H. The molecule has 3 aromatic carbocycles. The third kappa shape index (κ3) is 4.38. The van der Waals surface area contributed by atoms with Crippen molar-refractivity contribution in [2.75, 3.05) is 26.8 Å². The van der Waals surface area contributed by atoms with E-state index in [4.69, 9.17) is 0 Å². The maximum atomic E-state index is 4.48. The molecule has 0 N–H and O–H groups in total. The Kier molecular flexibility index (Phi) is 7.83. The fourth-order valence-corrected chi connectivity index (χ4v) is 11.4. The summed E-state index contributed by atoms with van der Waals surface area (Å²) in [7, 11) is 4.30. The molecule has 0 bridgehead atoms. The summed E-state index contributed by atoms with van der Waals surface area (Å²) < 4.78 is 0. The third-order valence-electron chi connectivity index (χ3n) is 5.07. The van der Waals surface area contributed by atoms with E-state index >= 15 is 0 Å². The molecule has 144 valence electrons. The average molecular weight is 509 g/mol. The quantitative estimate of drug-likeness (QED) is 0.388. The SMILES string of the molecule is Br.CN(C)CCCP(Br)(c1ccccc1)(c1ccccc1)c1ccccc1. The molecule has 0 radical (unpaired) electrons. The van der Waals surface area contributed by atoms with Crippen molar-refractivity contribution in [1.29, 1.82) is 0 Å². The number of hydrogen-bond acceptors (Lipinski definition) is 1. The Morgan fingerprint density at radius 3 is 1.30 bits per heavy atom. The molecule has 27 heavy (non-hydrogen) atoms. The van der Waals surface area contributed by atoms with Crippen LogP contribution in [0.1, 0.15) is 6.42 Å². The molecule has 0 fully saturated rings. The van der Waals surface area contributed by atoms with Crippen molar-refractivity contribution < 1.29 is 0 Å². The van der Waals surface area contributed by atoms with Gasteiger partial charge >= 0.3 is 166 Å². The molecule has 0 heterocycles. The summed E-state index contributed by atoms with van der Waals surface area (Å²) in [6, 6.07) is 33.1. The molecule has 1 nitrogen and oxygen atoms in total. The summed E-state index contributed by atoms with van der Waals surface area (Å²) in [6.45, 7) is 1.08. The van der Waals surface area contributed by atoms with Gasteiger partial charge in [0.15, 0.2) is 0 Å². The summed E-state index contributed by atoms with van der Waals surface area (Å²) in [5.74, 6) is 0. The fraction of sp³-hybridized carbons (Fsp3) is 0.217. The third-order valence-corrected chi connectivity index (χ3v) is 15.1. The van der Waals surface area contributed by atoms with Crippen molar-refractivity contribution in [3.05, 3.63) is 91.0 Å². The molecule has 0 aliphatic carbocycles. The number of rotatable bonds is 7. The summed E-state index contributed by atoms with van der Waals surface area (Å²) in [5, 5.41) is 1.48. The van der Waals surface area contributed by atoms with Crippen LogP contribution >= 0.6 is 37.8 Å². The van der Waals surface area contributed by atoms with Crippen molar-refractivity contribution in [1.82, 2.24) is 4.90 Å². The van der Waals surface area contributed by atoms with Gasteiger partial charge in [0.1, 0.15) is 0 Å². The topological polar surface area (TPSA) is 3.24 Å². The Bertz CT molecular complexity index is 723. The van der Waals surface area contributed by atoms with Crippen molar-refractivity contribution >= 4 is 53.7 Å². The van der Waals surface area contributed by atoms with Gasteiger partial charge in [0.05, 0.1) is 0 Å². The van der Waals surface area contributed by atoms with Crippen LogP contribution in [-0.2, 0) is 0 Å². The Morgan fingerprint density at radius 2 is 1.00 bits per heavy atom. The van der Waals surface area contributed by atoms with Gasteiger partial charge in [-0.3, -0.25) is 0 Å². The molecule has 3 rings (SSSR count). The number of hydrogen-bond donors (Lipinski definition) is 0. The second-order valence-corrected chi connectivity index (χ2v) is 16.1. The predicted octanol–water partition coefficient (Wildman–Crippen LogP) is 5.36. The van der Waals surface area contributed by atoms with E-state index in [1.165, 1.54) is 15.9 Å². The summed E-state index contributed by atoms with van der Waals surface area (Å²) in [4.78, 5) is 2.27. The monoisotopic (exact) mass is 507 g/mol. The molecule has 0 spiro atoms. The van der Waals surface area contributed by atoms with Crippen molar-refractivity contribution in [3.63, 3.8) is 0 Å². The van der Waals surface area contributed by atoms with E-state index in [2.05, 4.69) is 125 Å².